The van der Waals surface area contributed by atoms with Gasteiger partial charge in [-0.1, -0.05) is 50.6 Å². The Labute approximate surface area is 508 Å². The van der Waals surface area contributed by atoms with Crippen molar-refractivity contribution in [3.8, 4) is 5.75 Å². The number of rotatable bonds is 33. The number of hydrogen-bond donors (Lipinski definition) is 13. The zero-order valence-corrected chi connectivity index (χ0v) is 50.7. The number of nitrogens with two attached hydrogens (primary N) is 3. The minimum atomic E-state index is -1.41. The molecular formula is C58H83N15O11S2. The highest BCUT2D eigenvalue weighted by molar-refractivity contribution is 7.98. The summed E-state index contributed by atoms with van der Waals surface area (Å²) in [6, 6.07) is 3.05. The smallest absolute Gasteiger partial charge is 0.326 e. The molecule has 28 heteroatoms. The highest BCUT2D eigenvalue weighted by atomic mass is 32.2. The summed E-state index contributed by atoms with van der Waals surface area (Å²) in [6.45, 7) is 3.88. The van der Waals surface area contributed by atoms with Crippen LogP contribution in [0.2, 0.25) is 0 Å². The fraction of sp³-hybridized carbons (Fsp3) is 0.534. The summed E-state index contributed by atoms with van der Waals surface area (Å²) in [4.78, 5) is 145. The molecule has 2 aliphatic heterocycles. The van der Waals surface area contributed by atoms with Crippen molar-refractivity contribution in [2.45, 2.75) is 145 Å². The van der Waals surface area contributed by atoms with Gasteiger partial charge in [0.15, 0.2) is 5.96 Å². The van der Waals surface area contributed by atoms with Crippen LogP contribution in [0.15, 0.2) is 72.2 Å². The molecule has 2 aromatic heterocycles. The summed E-state index contributed by atoms with van der Waals surface area (Å²) in [5, 5.41) is 37.2. The number of guanidine groups is 1. The standard InChI is InChI=1S/C58H83N15O11S2/c1-5-33(2)48(57(83)84)71-54(80)47-15-10-24-73(47)56(82)45(28-35-30-64-40-12-7-6-11-38(35)40)70-52(78)44(29-36-31-62-32-65-36)69-50(76)41(13-8-22-63-58(60)61)67-53(79)46-14-9-23-72(46)55(81)43(21-26-86-4)68-51(77)42(20-25-85-3)66-49(75)39(59)27-34-16-18-37(74)19-17-34/h6-7,11-12,16-19,30-33,39,41-48,64,74H,5,8-10,13-15,20-29,59H2,1-4H3,(H,62,65)(H,66,75)(H,67,79)(H,68,77)(H,69,76)(H,70,78)(H,71,80)(H,83,84)(H4,60,61,63)/t33-,39-,41-,42-,43-,44-,45-,46-,47-,48-/m0/s1. The summed E-state index contributed by atoms with van der Waals surface area (Å²) in [7, 11) is 0. The van der Waals surface area contributed by atoms with Crippen LogP contribution in [0.3, 0.4) is 0 Å². The molecule has 0 saturated carbocycles. The number of aliphatic carboxylic acids is 1. The number of phenols is 1. The van der Waals surface area contributed by atoms with Crippen LogP contribution in [0.25, 0.3) is 10.9 Å². The molecular weight excluding hydrogens is 1150 g/mol. The molecule has 86 heavy (non-hydrogen) atoms. The third-order valence-corrected chi connectivity index (χ3v) is 16.8. The Bertz CT molecular complexity index is 2980. The number of aromatic amines is 2. The minimum Gasteiger partial charge on any atom is -0.508 e. The first-order chi connectivity index (χ1) is 41.2. The number of phenolic OH excluding ortho intramolecular Hbond substituents is 1. The van der Waals surface area contributed by atoms with E-state index < -0.39 is 114 Å². The zero-order chi connectivity index (χ0) is 62.5. The molecule has 0 spiro atoms. The molecule has 0 bridgehead atoms. The van der Waals surface area contributed by atoms with E-state index in [0.29, 0.717) is 47.6 Å². The van der Waals surface area contributed by atoms with Gasteiger partial charge in [-0.2, -0.15) is 23.5 Å². The number of carbonyl (C=O) groups excluding carboxylic acids is 8. The molecule has 0 aliphatic carbocycles. The second-order valence-corrected chi connectivity index (χ2v) is 23.7. The van der Waals surface area contributed by atoms with Gasteiger partial charge in [0.2, 0.25) is 47.3 Å². The molecule has 0 radical (unpaired) electrons. The summed E-state index contributed by atoms with van der Waals surface area (Å²) in [5.74, 6) is -6.06. The first-order valence-corrected chi connectivity index (χ1v) is 31.8. The van der Waals surface area contributed by atoms with Crippen LogP contribution in [0.5, 0.6) is 5.75 Å². The number of aromatic hydroxyl groups is 1. The van der Waals surface area contributed by atoms with E-state index in [-0.39, 0.29) is 89.1 Å². The maximum Gasteiger partial charge on any atom is 0.326 e. The molecule has 2 fully saturated rings. The van der Waals surface area contributed by atoms with Crippen molar-refractivity contribution in [3.05, 3.63) is 84.1 Å². The predicted octanol–water partition coefficient (Wildman–Crippen LogP) is 0.533. The quantitative estimate of drug-likeness (QED) is 0.0176. The van der Waals surface area contributed by atoms with E-state index in [1.807, 2.05) is 43.7 Å². The van der Waals surface area contributed by atoms with Crippen LogP contribution in [0.4, 0.5) is 0 Å². The Morgan fingerprint density at radius 1 is 0.709 bits per heavy atom. The molecule has 10 atom stereocenters. The number of aliphatic imine (C=N–C) groups is 1. The van der Waals surface area contributed by atoms with E-state index in [4.69, 9.17) is 17.2 Å². The lowest BCUT2D eigenvalue weighted by molar-refractivity contribution is -0.146. The Balaban J connectivity index is 1.22. The molecule has 468 valence electrons. The number of imidazole rings is 1. The lowest BCUT2D eigenvalue weighted by Gasteiger charge is -2.31. The Morgan fingerprint density at radius 3 is 1.88 bits per heavy atom. The Hall–Kier alpha value is -7.85. The van der Waals surface area contributed by atoms with Gasteiger partial charge >= 0.3 is 5.97 Å². The second-order valence-electron chi connectivity index (χ2n) is 21.7. The van der Waals surface area contributed by atoms with Crippen molar-refractivity contribution < 1.29 is 53.4 Å². The van der Waals surface area contributed by atoms with E-state index in [1.165, 1.54) is 58.0 Å². The fourth-order valence-corrected chi connectivity index (χ4v) is 11.5. The van der Waals surface area contributed by atoms with Gasteiger partial charge in [0.25, 0.3) is 0 Å². The minimum absolute atomic E-state index is 0.0402. The van der Waals surface area contributed by atoms with Crippen LogP contribution < -0.4 is 49.1 Å². The molecule has 2 aliphatic rings. The van der Waals surface area contributed by atoms with Gasteiger partial charge in [-0.25, -0.2) is 9.78 Å². The maximum atomic E-state index is 14.9. The third kappa shape index (κ3) is 19.1. The molecule has 2 saturated heterocycles. The zero-order valence-electron chi connectivity index (χ0n) is 49.1. The number of carbonyl (C=O) groups is 9. The molecule has 0 unspecified atom stereocenters. The number of fused-ring (bicyclic) bond motifs is 1. The lowest BCUT2D eigenvalue weighted by atomic mass is 9.98. The second kappa shape index (κ2) is 33.2. The van der Waals surface area contributed by atoms with Crippen LogP contribution in [0.1, 0.15) is 88.5 Å². The van der Waals surface area contributed by atoms with Crippen LogP contribution in [-0.2, 0) is 62.4 Å². The summed E-state index contributed by atoms with van der Waals surface area (Å²) in [6.07, 6.45) is 10.5. The summed E-state index contributed by atoms with van der Waals surface area (Å²) in [5.41, 5.74) is 20.1. The monoisotopic (exact) mass is 1230 g/mol. The molecule has 16 N–H and O–H groups in total. The fourth-order valence-electron chi connectivity index (χ4n) is 10.6. The predicted molar refractivity (Wildman–Crippen MR) is 328 cm³/mol. The van der Waals surface area contributed by atoms with E-state index in [1.54, 1.807) is 25.3 Å². The Morgan fingerprint density at radius 2 is 1.28 bits per heavy atom. The van der Waals surface area contributed by atoms with E-state index in [0.717, 1.165) is 10.9 Å². The van der Waals surface area contributed by atoms with Gasteiger partial charge in [-0.05, 0) is 117 Å². The Kier molecular flexibility index (Phi) is 25.9. The molecule has 26 nitrogen and oxygen atoms in total. The van der Waals surface area contributed by atoms with Gasteiger partial charge in [0, 0.05) is 61.5 Å². The largest absolute Gasteiger partial charge is 0.508 e. The number of nitrogens with zero attached hydrogens (tertiary/aromatic N) is 4. The van der Waals surface area contributed by atoms with Gasteiger partial charge in [-0.3, -0.25) is 43.3 Å². The van der Waals surface area contributed by atoms with E-state index in [2.05, 4.69) is 51.8 Å². The van der Waals surface area contributed by atoms with Gasteiger partial charge < -0.3 is 79.1 Å². The van der Waals surface area contributed by atoms with Crippen molar-refractivity contribution in [3.63, 3.8) is 0 Å². The number of nitrogens with one attached hydrogen (secondary N) is 8. The number of H-pyrrole nitrogens is 2. The van der Waals surface area contributed by atoms with Crippen LogP contribution in [0, 0.1) is 5.92 Å². The first-order valence-electron chi connectivity index (χ1n) is 29.0. The molecule has 8 amide bonds. The SMILES string of the molecule is CC[C@H](C)[C@H](NC(=O)[C@@H]1CCCN1C(=O)[C@H](Cc1c[nH]c2ccccc12)NC(=O)[C@H](Cc1cnc[nH]1)NC(=O)[C@H](CCCN=C(N)N)NC(=O)[C@@H]1CCCN1C(=O)[C@H](CCSC)NC(=O)[C@H](CCSC)NC(=O)[C@@H](N)Cc1ccc(O)cc1)C(=O)O. The molecule has 4 aromatic rings. The van der Waals surface area contributed by atoms with Crippen LogP contribution >= 0.6 is 23.5 Å². The number of thioether (sulfide) groups is 2. The van der Waals surface area contributed by atoms with Crippen molar-refractivity contribution in [1.82, 2.24) is 56.7 Å². The number of benzene rings is 2. The van der Waals surface area contributed by atoms with E-state index >= 15 is 0 Å². The average molecular weight is 1230 g/mol. The number of carboxylic acids is 1. The summed E-state index contributed by atoms with van der Waals surface area (Å²) < 4.78 is 0. The van der Waals surface area contributed by atoms with Crippen molar-refractivity contribution in [2.75, 3.05) is 43.7 Å². The molecule has 6 rings (SSSR count). The number of carboxylic acid groups (broad SMARTS) is 1. The third-order valence-electron chi connectivity index (χ3n) is 15.6. The lowest BCUT2D eigenvalue weighted by Crippen LogP contribution is -2.60. The van der Waals surface area contributed by atoms with Gasteiger partial charge in [0.1, 0.15) is 54.1 Å². The van der Waals surface area contributed by atoms with E-state index in [9.17, 15) is 53.4 Å². The number of likely N-dealkylation sites (tertiary alicyclic amines) is 2. The average Bonchev–Trinajstić information content (AvgIpc) is 2.33. The number of para-hydroxylation sites is 1. The number of hydrogen-bond acceptors (Lipinski definition) is 15. The van der Waals surface area contributed by atoms with Gasteiger partial charge in [-0.15, -0.1) is 0 Å². The van der Waals surface area contributed by atoms with Crippen molar-refractivity contribution in [1.29, 1.82) is 0 Å². The van der Waals surface area contributed by atoms with Crippen LogP contribution in [-0.4, -0.2) is 192 Å². The number of aromatic nitrogens is 3. The topological polar surface area (TPSA) is 408 Å². The first kappa shape index (κ1) is 67.3. The van der Waals surface area contributed by atoms with Crippen molar-refractivity contribution in [2.24, 2.45) is 28.1 Å². The molecule has 4 heterocycles. The highest BCUT2D eigenvalue weighted by Gasteiger charge is 2.42. The molecule has 2 aromatic carbocycles. The normalized spacial score (nSPS) is 17.6. The summed E-state index contributed by atoms with van der Waals surface area (Å²) >= 11 is 2.91. The highest BCUT2D eigenvalue weighted by Crippen LogP contribution is 2.25. The van der Waals surface area contributed by atoms with Gasteiger partial charge in [0.05, 0.1) is 12.4 Å². The van der Waals surface area contributed by atoms with Crippen molar-refractivity contribution >= 4 is 93.6 Å². The maximum absolute atomic E-state index is 14.9. The number of amides is 8.